The van der Waals surface area contributed by atoms with E-state index in [9.17, 15) is 13.2 Å². The van der Waals surface area contributed by atoms with Crippen molar-refractivity contribution in [2.75, 3.05) is 13.1 Å². The molecule has 0 unspecified atom stereocenters. The smallest absolute Gasteiger partial charge is 0.253 e. The van der Waals surface area contributed by atoms with Gasteiger partial charge in [-0.15, -0.1) is 0 Å². The highest BCUT2D eigenvalue weighted by atomic mass is 35.5. The number of amides is 1. The lowest BCUT2D eigenvalue weighted by atomic mass is 10.2. The Morgan fingerprint density at radius 3 is 2.43 bits per heavy atom. The highest BCUT2D eigenvalue weighted by Gasteiger charge is 2.29. The van der Waals surface area contributed by atoms with E-state index in [0.29, 0.717) is 13.1 Å². The summed E-state index contributed by atoms with van der Waals surface area (Å²) in [4.78, 5) is 12.6. The van der Waals surface area contributed by atoms with Gasteiger partial charge in [0.15, 0.2) is 0 Å². The van der Waals surface area contributed by atoms with E-state index >= 15 is 0 Å². The second-order valence-corrected chi connectivity index (χ2v) is 9.53. The van der Waals surface area contributed by atoms with Crippen LogP contribution in [0.25, 0.3) is 0 Å². The van der Waals surface area contributed by atoms with E-state index in [1.807, 2.05) is 13.0 Å². The van der Waals surface area contributed by atoms with Crippen molar-refractivity contribution in [3.05, 3.63) is 45.2 Å². The van der Waals surface area contributed by atoms with E-state index in [2.05, 4.69) is 10.4 Å². The first-order valence-corrected chi connectivity index (χ1v) is 11.2. The topological polar surface area (TPSA) is 84.3 Å². The van der Waals surface area contributed by atoms with Crippen LogP contribution in [0.1, 0.15) is 41.0 Å². The Morgan fingerprint density at radius 2 is 1.82 bits per heavy atom. The van der Waals surface area contributed by atoms with Crippen LogP contribution in [0, 0.1) is 6.92 Å². The number of aryl methyl sites for hydroxylation is 2. The Bertz CT molecular complexity index is 998. The maximum absolute atomic E-state index is 13.0. The monoisotopic (exact) mass is 444 g/mol. The molecule has 1 fully saturated rings. The molecule has 28 heavy (non-hydrogen) atoms. The van der Waals surface area contributed by atoms with E-state index in [1.54, 1.807) is 11.7 Å². The fraction of sp³-hybridized carbons (Fsp3) is 0.444. The van der Waals surface area contributed by atoms with Crippen LogP contribution >= 0.6 is 23.2 Å². The average Bonchev–Trinajstić information content (AvgIpc) is 2.97. The molecule has 0 radical (unpaired) electrons. The van der Waals surface area contributed by atoms with Gasteiger partial charge in [-0.05, 0) is 38.0 Å². The Labute approximate surface area is 174 Å². The largest absolute Gasteiger partial charge is 0.346 e. The van der Waals surface area contributed by atoms with Crippen molar-refractivity contribution in [1.29, 1.82) is 0 Å². The fourth-order valence-electron chi connectivity index (χ4n) is 3.24. The normalized spacial score (nSPS) is 15.6. The number of nitrogens with zero attached hydrogens (tertiary/aromatic N) is 3. The zero-order valence-electron chi connectivity index (χ0n) is 15.7. The zero-order chi connectivity index (χ0) is 20.5. The number of halogens is 2. The number of aromatic nitrogens is 2. The molecular weight excluding hydrogens is 423 g/mol. The predicted molar refractivity (Wildman–Crippen MR) is 108 cm³/mol. The van der Waals surface area contributed by atoms with Crippen LogP contribution in [0.2, 0.25) is 10.0 Å². The number of benzene rings is 1. The molecule has 0 atom stereocenters. The van der Waals surface area contributed by atoms with Crippen molar-refractivity contribution in [3.63, 3.8) is 0 Å². The van der Waals surface area contributed by atoms with Gasteiger partial charge in [-0.1, -0.05) is 29.6 Å². The third-order valence-corrected chi connectivity index (χ3v) is 7.40. The second-order valence-electron chi connectivity index (χ2n) is 6.81. The molecule has 0 spiro atoms. The molecule has 2 heterocycles. The number of nitrogens with one attached hydrogen (secondary N) is 1. The van der Waals surface area contributed by atoms with Crippen molar-refractivity contribution in [2.45, 2.75) is 37.6 Å². The van der Waals surface area contributed by atoms with Crippen LogP contribution in [0.3, 0.4) is 0 Å². The van der Waals surface area contributed by atoms with Crippen molar-refractivity contribution < 1.29 is 13.2 Å². The molecular formula is C18H22Cl2N4O3S. The highest BCUT2D eigenvalue weighted by Crippen LogP contribution is 2.31. The Kier molecular flexibility index (Phi) is 6.34. The number of rotatable bonds is 5. The molecule has 3 rings (SSSR count). The summed E-state index contributed by atoms with van der Waals surface area (Å²) in [7, 11) is -2.00. The Balaban J connectivity index is 1.86. The number of sulfonamides is 1. The van der Waals surface area contributed by atoms with Crippen LogP contribution < -0.4 is 5.32 Å². The van der Waals surface area contributed by atoms with Gasteiger partial charge in [0.2, 0.25) is 10.0 Å². The summed E-state index contributed by atoms with van der Waals surface area (Å²) >= 11 is 12.4. The lowest BCUT2D eigenvalue weighted by Crippen LogP contribution is -2.36. The molecule has 2 aromatic rings. The molecule has 1 N–H and O–H groups in total. The van der Waals surface area contributed by atoms with Crippen molar-refractivity contribution in [3.8, 4) is 0 Å². The van der Waals surface area contributed by atoms with Crippen LogP contribution in [0.5, 0.6) is 0 Å². The predicted octanol–water partition coefficient (Wildman–Crippen LogP) is 3.14. The van der Waals surface area contributed by atoms with E-state index in [0.717, 1.165) is 30.7 Å². The first-order valence-electron chi connectivity index (χ1n) is 8.97. The number of carbonyl (C=O) groups is 1. The van der Waals surface area contributed by atoms with E-state index in [-0.39, 0.29) is 27.0 Å². The molecule has 0 saturated carbocycles. The van der Waals surface area contributed by atoms with Gasteiger partial charge in [0.25, 0.3) is 5.91 Å². The van der Waals surface area contributed by atoms with Gasteiger partial charge in [-0.3, -0.25) is 9.48 Å². The summed E-state index contributed by atoms with van der Waals surface area (Å²) < 4.78 is 29.0. The zero-order valence-corrected chi connectivity index (χ0v) is 18.0. The van der Waals surface area contributed by atoms with Crippen LogP contribution in [-0.4, -0.2) is 41.5 Å². The number of piperidine rings is 1. The minimum Gasteiger partial charge on any atom is -0.346 e. The van der Waals surface area contributed by atoms with Crippen molar-refractivity contribution >= 4 is 39.1 Å². The summed E-state index contributed by atoms with van der Waals surface area (Å²) in [5, 5.41) is 7.09. The van der Waals surface area contributed by atoms with Gasteiger partial charge in [-0.2, -0.15) is 9.40 Å². The summed E-state index contributed by atoms with van der Waals surface area (Å²) in [6.45, 7) is 2.99. The third-order valence-electron chi connectivity index (χ3n) is 4.73. The molecule has 1 saturated heterocycles. The van der Waals surface area contributed by atoms with Gasteiger partial charge >= 0.3 is 0 Å². The highest BCUT2D eigenvalue weighted by molar-refractivity contribution is 7.89. The maximum Gasteiger partial charge on any atom is 0.253 e. The molecule has 1 aliphatic rings. The minimum absolute atomic E-state index is 0.00869. The van der Waals surface area contributed by atoms with E-state index in [4.69, 9.17) is 23.2 Å². The van der Waals surface area contributed by atoms with Crippen LogP contribution in [-0.2, 0) is 23.6 Å². The molecule has 0 bridgehead atoms. The second kappa shape index (κ2) is 8.41. The molecule has 7 nitrogen and oxygen atoms in total. The summed E-state index contributed by atoms with van der Waals surface area (Å²) in [6.07, 6.45) is 2.62. The SMILES string of the molecule is Cc1cc(CNC(=O)c2cc(S(=O)(=O)N3CCCCC3)c(Cl)cc2Cl)n(C)n1. The molecule has 1 aliphatic heterocycles. The Morgan fingerprint density at radius 1 is 1.14 bits per heavy atom. The van der Waals surface area contributed by atoms with Gasteiger partial charge in [0.1, 0.15) is 4.90 Å². The molecule has 1 aromatic carbocycles. The van der Waals surface area contributed by atoms with Gasteiger partial charge in [0, 0.05) is 20.1 Å². The first kappa shape index (κ1) is 21.1. The number of carbonyl (C=O) groups excluding carboxylic acids is 1. The molecule has 0 aliphatic carbocycles. The quantitative estimate of drug-likeness (QED) is 0.767. The first-order chi connectivity index (χ1) is 13.2. The minimum atomic E-state index is -3.79. The van der Waals surface area contributed by atoms with Crippen molar-refractivity contribution in [1.82, 2.24) is 19.4 Å². The number of hydrogen-bond acceptors (Lipinski definition) is 4. The molecule has 152 valence electrons. The van der Waals surface area contributed by atoms with Crippen LogP contribution in [0.15, 0.2) is 23.1 Å². The fourth-order valence-corrected chi connectivity index (χ4v) is 5.59. The van der Waals surface area contributed by atoms with E-state index in [1.165, 1.54) is 16.4 Å². The van der Waals surface area contributed by atoms with Gasteiger partial charge in [0.05, 0.1) is 33.5 Å². The van der Waals surface area contributed by atoms with Crippen LogP contribution in [0.4, 0.5) is 0 Å². The number of hydrogen-bond donors (Lipinski definition) is 1. The van der Waals surface area contributed by atoms with Gasteiger partial charge in [-0.25, -0.2) is 8.42 Å². The molecule has 1 amide bonds. The summed E-state index contributed by atoms with van der Waals surface area (Å²) in [6, 6.07) is 4.43. The van der Waals surface area contributed by atoms with Crippen molar-refractivity contribution in [2.24, 2.45) is 7.05 Å². The lowest BCUT2D eigenvalue weighted by Gasteiger charge is -2.26. The lowest BCUT2D eigenvalue weighted by molar-refractivity contribution is 0.0950. The molecule has 1 aromatic heterocycles. The molecule has 10 heteroatoms. The third kappa shape index (κ3) is 4.35. The van der Waals surface area contributed by atoms with E-state index < -0.39 is 15.9 Å². The Hall–Kier alpha value is -1.61. The van der Waals surface area contributed by atoms with Gasteiger partial charge < -0.3 is 5.32 Å². The maximum atomic E-state index is 13.0. The summed E-state index contributed by atoms with van der Waals surface area (Å²) in [5.74, 6) is -0.476. The summed E-state index contributed by atoms with van der Waals surface area (Å²) in [5.41, 5.74) is 1.73. The standard InChI is InChI=1S/C18H22Cl2N4O3S/c1-12-8-13(23(2)22-12)11-21-18(25)14-9-17(16(20)10-15(14)19)28(26,27)24-6-4-3-5-7-24/h8-10H,3-7,11H2,1-2H3,(H,21,25). The average molecular weight is 445 g/mol.